The van der Waals surface area contributed by atoms with Crippen LogP contribution in [0.3, 0.4) is 0 Å². The van der Waals surface area contributed by atoms with Crippen LogP contribution < -0.4 is 15.4 Å². The molecule has 2 N–H and O–H groups in total. The quantitative estimate of drug-likeness (QED) is 0.370. The average Bonchev–Trinajstić information content (AvgIpc) is 2.88. The molecule has 5 heteroatoms. The van der Waals surface area contributed by atoms with Gasteiger partial charge in [-0.15, -0.1) is 0 Å². The summed E-state index contributed by atoms with van der Waals surface area (Å²) in [5.41, 5.74) is 15.8. The number of Topliss-reactive ketones (excluding diaryl/α,β-unsaturated/α-hetero) is 1. The van der Waals surface area contributed by atoms with E-state index in [0.29, 0.717) is 36.4 Å². The molecule has 1 unspecified atom stereocenters. The molecule has 1 aliphatic heterocycles. The first-order valence-corrected chi connectivity index (χ1v) is 13.8. The minimum Gasteiger partial charge on any atom is -0.489 e. The summed E-state index contributed by atoms with van der Waals surface area (Å²) < 4.78 is 6.15. The SMILES string of the molecule is Cc1ccc(OCc2cc(C)cc(C3C(C#N)=C(N)N(c4cccc(C)c4)C4=C3C(=O)CC(C)(C)C4)c2C)cc1. The number of nitriles is 1. The molecule has 5 nitrogen and oxygen atoms in total. The van der Waals surface area contributed by atoms with Gasteiger partial charge in [0.15, 0.2) is 5.78 Å². The zero-order chi connectivity index (χ0) is 28.8. The molecule has 3 aromatic carbocycles. The van der Waals surface area contributed by atoms with Gasteiger partial charge in [0.05, 0.1) is 17.6 Å². The second-order valence-electron chi connectivity index (χ2n) is 12.1. The van der Waals surface area contributed by atoms with Gasteiger partial charge in [-0.3, -0.25) is 9.69 Å². The fourth-order valence-corrected chi connectivity index (χ4v) is 6.09. The van der Waals surface area contributed by atoms with Crippen molar-refractivity contribution in [1.82, 2.24) is 0 Å². The molecule has 204 valence electrons. The lowest BCUT2D eigenvalue weighted by molar-refractivity contribution is -0.118. The molecule has 40 heavy (non-hydrogen) atoms. The maximum atomic E-state index is 14.0. The Morgan fingerprint density at radius 2 is 1.70 bits per heavy atom. The van der Waals surface area contributed by atoms with E-state index in [0.717, 1.165) is 45.0 Å². The fraction of sp³-hybridized carbons (Fsp3) is 0.314. The van der Waals surface area contributed by atoms with Gasteiger partial charge in [0.25, 0.3) is 0 Å². The zero-order valence-electron chi connectivity index (χ0n) is 24.3. The van der Waals surface area contributed by atoms with E-state index in [9.17, 15) is 10.1 Å². The molecule has 0 saturated carbocycles. The Labute approximate surface area is 237 Å². The number of carbonyl (C=O) groups excluding carboxylic acids is 1. The molecule has 0 spiro atoms. The van der Waals surface area contributed by atoms with Gasteiger partial charge < -0.3 is 10.5 Å². The van der Waals surface area contributed by atoms with Crippen molar-refractivity contribution in [3.8, 4) is 11.8 Å². The van der Waals surface area contributed by atoms with E-state index >= 15 is 0 Å². The van der Waals surface area contributed by atoms with Gasteiger partial charge in [0, 0.05) is 23.4 Å². The van der Waals surface area contributed by atoms with Gasteiger partial charge in [-0.05, 0) is 86.1 Å². The summed E-state index contributed by atoms with van der Waals surface area (Å²) in [6.45, 7) is 12.8. The summed E-state index contributed by atoms with van der Waals surface area (Å²) in [6, 6.07) is 22.7. The third-order valence-corrected chi connectivity index (χ3v) is 8.07. The first-order chi connectivity index (χ1) is 19.0. The van der Waals surface area contributed by atoms with Crippen molar-refractivity contribution in [2.45, 2.75) is 66.9 Å². The van der Waals surface area contributed by atoms with E-state index in [1.54, 1.807) is 0 Å². The number of ether oxygens (including phenoxy) is 1. The van der Waals surface area contributed by atoms with E-state index in [4.69, 9.17) is 10.5 Å². The van der Waals surface area contributed by atoms with Crippen molar-refractivity contribution in [2.75, 3.05) is 4.90 Å². The van der Waals surface area contributed by atoms with Crippen molar-refractivity contribution in [3.63, 3.8) is 0 Å². The molecule has 2 aliphatic rings. The van der Waals surface area contributed by atoms with Gasteiger partial charge in [-0.2, -0.15) is 5.26 Å². The maximum absolute atomic E-state index is 14.0. The molecule has 5 rings (SSSR count). The van der Waals surface area contributed by atoms with E-state index in [-0.39, 0.29) is 11.2 Å². The Morgan fingerprint density at radius 1 is 0.975 bits per heavy atom. The third kappa shape index (κ3) is 5.02. The highest BCUT2D eigenvalue weighted by molar-refractivity contribution is 6.01. The van der Waals surface area contributed by atoms with E-state index in [1.165, 1.54) is 5.56 Å². The molecule has 1 atom stereocenters. The molecule has 0 saturated heterocycles. The predicted octanol–water partition coefficient (Wildman–Crippen LogP) is 7.44. The third-order valence-electron chi connectivity index (χ3n) is 8.07. The van der Waals surface area contributed by atoms with E-state index in [2.05, 4.69) is 45.0 Å². The van der Waals surface area contributed by atoms with E-state index < -0.39 is 5.92 Å². The van der Waals surface area contributed by atoms with Crippen molar-refractivity contribution in [2.24, 2.45) is 11.1 Å². The number of aryl methyl sites for hydroxylation is 3. The number of hydrogen-bond acceptors (Lipinski definition) is 5. The number of rotatable bonds is 5. The van der Waals surface area contributed by atoms with Crippen LogP contribution in [0.1, 0.15) is 66.0 Å². The number of carbonyl (C=O) groups is 1. The molecule has 3 aromatic rings. The Hall–Kier alpha value is -4.30. The van der Waals surface area contributed by atoms with Crippen LogP contribution in [0.2, 0.25) is 0 Å². The smallest absolute Gasteiger partial charge is 0.162 e. The Bertz CT molecular complexity index is 1600. The molecular formula is C35H37N3O2. The predicted molar refractivity (Wildman–Crippen MR) is 160 cm³/mol. The Kier molecular flexibility index (Phi) is 7.06. The molecule has 1 aliphatic carbocycles. The minimum atomic E-state index is -0.525. The zero-order valence-corrected chi connectivity index (χ0v) is 24.3. The fourth-order valence-electron chi connectivity index (χ4n) is 6.09. The normalized spacial score (nSPS) is 18.5. The van der Waals surface area contributed by atoms with Gasteiger partial charge in [0.2, 0.25) is 0 Å². The standard InChI is InChI=1S/C35H37N3O2/c1-21-10-12-27(13-11-21)40-20-25-14-23(3)16-28(24(25)4)32-29(19-36)34(37)38(26-9-7-8-22(2)15-26)30-17-35(5,6)18-31(39)33(30)32/h7-16,32H,17-18,20,37H2,1-6H3. The average molecular weight is 532 g/mol. The van der Waals surface area contributed by atoms with Crippen LogP contribution in [0.25, 0.3) is 0 Å². The first-order valence-electron chi connectivity index (χ1n) is 13.8. The lowest BCUT2D eigenvalue weighted by Crippen LogP contribution is -2.42. The van der Waals surface area contributed by atoms with Crippen LogP contribution in [0.15, 0.2) is 83.3 Å². The summed E-state index contributed by atoms with van der Waals surface area (Å²) in [5, 5.41) is 10.5. The van der Waals surface area contributed by atoms with Crippen LogP contribution in [-0.4, -0.2) is 5.78 Å². The second kappa shape index (κ2) is 10.4. The van der Waals surface area contributed by atoms with Crippen molar-refractivity contribution in [1.29, 1.82) is 5.26 Å². The minimum absolute atomic E-state index is 0.0764. The van der Waals surface area contributed by atoms with Crippen LogP contribution in [0.4, 0.5) is 5.69 Å². The second-order valence-corrected chi connectivity index (χ2v) is 12.1. The highest BCUT2D eigenvalue weighted by atomic mass is 16.5. The highest BCUT2D eigenvalue weighted by Crippen LogP contribution is 2.51. The number of ketones is 1. The Balaban J connectivity index is 1.67. The van der Waals surface area contributed by atoms with Crippen LogP contribution in [0.5, 0.6) is 5.75 Å². The van der Waals surface area contributed by atoms with Crippen molar-refractivity contribution >= 4 is 11.5 Å². The maximum Gasteiger partial charge on any atom is 0.162 e. The summed E-state index contributed by atoms with van der Waals surface area (Å²) >= 11 is 0. The molecule has 0 fully saturated rings. The summed E-state index contributed by atoms with van der Waals surface area (Å²) in [5.74, 6) is 0.743. The number of allylic oxidation sites excluding steroid dienone is 3. The van der Waals surface area contributed by atoms with Gasteiger partial charge in [-0.1, -0.05) is 61.4 Å². The van der Waals surface area contributed by atoms with E-state index in [1.807, 2.05) is 68.1 Å². The molecular weight excluding hydrogens is 494 g/mol. The van der Waals surface area contributed by atoms with Gasteiger partial charge in [0.1, 0.15) is 18.2 Å². The topological polar surface area (TPSA) is 79.3 Å². The highest BCUT2D eigenvalue weighted by Gasteiger charge is 2.45. The number of hydrogen-bond donors (Lipinski definition) is 1. The van der Waals surface area contributed by atoms with Crippen LogP contribution in [0, 0.1) is 44.4 Å². The molecule has 0 aromatic heterocycles. The van der Waals surface area contributed by atoms with Gasteiger partial charge >= 0.3 is 0 Å². The van der Waals surface area contributed by atoms with Crippen LogP contribution in [-0.2, 0) is 11.4 Å². The molecule has 0 amide bonds. The largest absolute Gasteiger partial charge is 0.489 e. The lowest BCUT2D eigenvalue weighted by atomic mass is 9.68. The van der Waals surface area contributed by atoms with Crippen molar-refractivity contribution in [3.05, 3.63) is 117 Å². The lowest BCUT2D eigenvalue weighted by Gasteiger charge is -2.44. The first kappa shape index (κ1) is 27.3. The molecule has 0 bridgehead atoms. The molecule has 1 heterocycles. The number of benzene rings is 3. The number of nitrogens with two attached hydrogens (primary N) is 1. The Morgan fingerprint density at radius 3 is 2.38 bits per heavy atom. The van der Waals surface area contributed by atoms with Gasteiger partial charge in [-0.25, -0.2) is 0 Å². The van der Waals surface area contributed by atoms with Crippen LogP contribution >= 0.6 is 0 Å². The summed E-state index contributed by atoms with van der Waals surface area (Å²) in [7, 11) is 0. The monoisotopic (exact) mass is 531 g/mol. The number of anilines is 1. The summed E-state index contributed by atoms with van der Waals surface area (Å²) in [6.07, 6.45) is 1.11. The van der Waals surface area contributed by atoms with Crippen molar-refractivity contribution < 1.29 is 9.53 Å². The summed E-state index contributed by atoms with van der Waals surface area (Å²) in [4.78, 5) is 15.9. The molecule has 0 radical (unpaired) electrons. The number of nitrogens with zero attached hydrogens (tertiary/aromatic N) is 2.